The van der Waals surface area contributed by atoms with Crippen LogP contribution in [0.3, 0.4) is 0 Å². The zero-order valence-corrected chi connectivity index (χ0v) is 12.6. The van der Waals surface area contributed by atoms with Crippen LogP contribution in [-0.2, 0) is 13.5 Å². The molecular formula is C18H18N3+. The van der Waals surface area contributed by atoms with Gasteiger partial charge in [-0.05, 0) is 25.5 Å². The quantitative estimate of drug-likeness (QED) is 0.626. The van der Waals surface area contributed by atoms with Gasteiger partial charge in [0.25, 0.3) is 0 Å². The first kappa shape index (κ1) is 12.3. The Balaban J connectivity index is 1.97. The van der Waals surface area contributed by atoms with Crippen molar-refractivity contribution in [2.24, 2.45) is 7.05 Å². The minimum Gasteiger partial charge on any atom is -0.298 e. The molecule has 0 spiro atoms. The highest BCUT2D eigenvalue weighted by Gasteiger charge is 2.19. The second-order valence-electron chi connectivity index (χ2n) is 5.85. The maximum absolute atomic E-state index is 4.75. The smallest absolute Gasteiger partial charge is 0.214 e. The molecule has 1 aromatic carbocycles. The highest BCUT2D eigenvalue weighted by atomic mass is 15.1. The third kappa shape index (κ3) is 1.81. The molecule has 3 heterocycles. The van der Waals surface area contributed by atoms with E-state index in [0.717, 1.165) is 17.8 Å². The number of pyridine rings is 1. The van der Waals surface area contributed by atoms with Gasteiger partial charge in [0.15, 0.2) is 6.20 Å². The van der Waals surface area contributed by atoms with Gasteiger partial charge in [0, 0.05) is 24.3 Å². The van der Waals surface area contributed by atoms with Crippen LogP contribution >= 0.6 is 0 Å². The van der Waals surface area contributed by atoms with E-state index in [4.69, 9.17) is 4.98 Å². The fraction of sp³-hybridized carbons (Fsp3) is 0.222. The van der Waals surface area contributed by atoms with Gasteiger partial charge in [-0.15, -0.1) is 0 Å². The second kappa shape index (κ2) is 4.29. The van der Waals surface area contributed by atoms with Crippen LogP contribution in [0.5, 0.6) is 0 Å². The summed E-state index contributed by atoms with van der Waals surface area (Å²) in [6.45, 7) is 4.30. The molecule has 3 aromatic rings. The van der Waals surface area contributed by atoms with E-state index in [1.165, 1.54) is 27.9 Å². The number of fused-ring (bicyclic) bond motifs is 3. The van der Waals surface area contributed by atoms with E-state index in [-0.39, 0.29) is 0 Å². The van der Waals surface area contributed by atoms with E-state index < -0.39 is 0 Å². The van der Waals surface area contributed by atoms with Gasteiger partial charge in [-0.3, -0.25) is 4.57 Å². The number of aromatic nitrogens is 3. The molecule has 4 rings (SSSR count). The minimum atomic E-state index is 0.928. The Hall–Kier alpha value is -2.42. The molecule has 104 valence electrons. The molecule has 1 aliphatic rings. The molecule has 1 aliphatic heterocycles. The molecular weight excluding hydrogens is 258 g/mol. The summed E-state index contributed by atoms with van der Waals surface area (Å²) in [5, 5.41) is 0. The van der Waals surface area contributed by atoms with Crippen molar-refractivity contribution in [2.75, 3.05) is 0 Å². The van der Waals surface area contributed by atoms with Crippen molar-refractivity contribution >= 4 is 17.2 Å². The normalized spacial score (nSPS) is 13.1. The van der Waals surface area contributed by atoms with Crippen molar-refractivity contribution in [3.8, 4) is 11.3 Å². The topological polar surface area (TPSA) is 21.7 Å². The second-order valence-corrected chi connectivity index (χ2v) is 5.85. The van der Waals surface area contributed by atoms with Gasteiger partial charge in [0.05, 0.1) is 0 Å². The minimum absolute atomic E-state index is 0.928. The van der Waals surface area contributed by atoms with Crippen molar-refractivity contribution < 1.29 is 4.57 Å². The van der Waals surface area contributed by atoms with Crippen LogP contribution in [-0.4, -0.2) is 9.55 Å². The first-order valence-electron chi connectivity index (χ1n) is 7.28. The van der Waals surface area contributed by atoms with Gasteiger partial charge in [0.1, 0.15) is 23.9 Å². The van der Waals surface area contributed by atoms with Gasteiger partial charge in [0.2, 0.25) is 5.69 Å². The van der Waals surface area contributed by atoms with Crippen LogP contribution in [0.1, 0.15) is 17.0 Å². The van der Waals surface area contributed by atoms with Gasteiger partial charge in [-0.2, -0.15) is 4.57 Å². The zero-order valence-electron chi connectivity index (χ0n) is 12.6. The number of hydrogen-bond donors (Lipinski definition) is 0. The van der Waals surface area contributed by atoms with E-state index >= 15 is 0 Å². The number of benzene rings is 1. The highest BCUT2D eigenvalue weighted by Crippen LogP contribution is 2.26. The molecule has 0 bridgehead atoms. The highest BCUT2D eigenvalue weighted by molar-refractivity contribution is 5.81. The summed E-state index contributed by atoms with van der Waals surface area (Å²) in [6.07, 6.45) is 7.37. The lowest BCUT2D eigenvalue weighted by Crippen LogP contribution is -2.30. The van der Waals surface area contributed by atoms with E-state index in [1.54, 1.807) is 0 Å². The summed E-state index contributed by atoms with van der Waals surface area (Å²) >= 11 is 0. The number of imidazole rings is 1. The Kier molecular flexibility index (Phi) is 2.52. The SMILES string of the molecule is Cc1ccc(-c2cc3nc4n(c3c[n+]2C)C=CC4)c(C)c1. The third-order valence-corrected chi connectivity index (χ3v) is 4.23. The summed E-state index contributed by atoms with van der Waals surface area (Å²) < 4.78 is 4.38. The Morgan fingerprint density at radius 1 is 1.19 bits per heavy atom. The molecule has 2 aromatic heterocycles. The van der Waals surface area contributed by atoms with Crippen molar-refractivity contribution in [3.05, 3.63) is 53.5 Å². The fourth-order valence-electron chi connectivity index (χ4n) is 3.17. The first-order chi connectivity index (χ1) is 10.1. The van der Waals surface area contributed by atoms with Crippen LogP contribution in [0.2, 0.25) is 0 Å². The predicted octanol–water partition coefficient (Wildman–Crippen LogP) is 3.17. The van der Waals surface area contributed by atoms with Gasteiger partial charge >= 0.3 is 0 Å². The summed E-state index contributed by atoms with van der Waals surface area (Å²) in [4.78, 5) is 4.75. The zero-order chi connectivity index (χ0) is 14.6. The van der Waals surface area contributed by atoms with Gasteiger partial charge < -0.3 is 0 Å². The maximum Gasteiger partial charge on any atom is 0.214 e. The van der Waals surface area contributed by atoms with Crippen LogP contribution in [0.25, 0.3) is 28.5 Å². The Morgan fingerprint density at radius 2 is 2.05 bits per heavy atom. The third-order valence-electron chi connectivity index (χ3n) is 4.23. The lowest BCUT2D eigenvalue weighted by atomic mass is 10.0. The lowest BCUT2D eigenvalue weighted by molar-refractivity contribution is -0.659. The molecule has 0 fully saturated rings. The van der Waals surface area contributed by atoms with Crippen LogP contribution in [0.15, 0.2) is 36.5 Å². The van der Waals surface area contributed by atoms with Crippen molar-refractivity contribution in [3.63, 3.8) is 0 Å². The molecule has 0 amide bonds. The molecule has 0 atom stereocenters. The Labute approximate surface area is 124 Å². The lowest BCUT2D eigenvalue weighted by Gasteiger charge is -2.06. The van der Waals surface area contributed by atoms with E-state index in [2.05, 4.69) is 72.8 Å². The molecule has 0 radical (unpaired) electrons. The maximum atomic E-state index is 4.75. The van der Waals surface area contributed by atoms with E-state index in [1.807, 2.05) is 0 Å². The van der Waals surface area contributed by atoms with Gasteiger partial charge in [-0.25, -0.2) is 4.98 Å². The summed E-state index contributed by atoms with van der Waals surface area (Å²) in [6, 6.07) is 8.81. The summed E-state index contributed by atoms with van der Waals surface area (Å²) in [5.74, 6) is 1.13. The molecule has 0 N–H and O–H groups in total. The summed E-state index contributed by atoms with van der Waals surface area (Å²) in [7, 11) is 2.10. The largest absolute Gasteiger partial charge is 0.298 e. The van der Waals surface area contributed by atoms with Crippen LogP contribution in [0, 0.1) is 13.8 Å². The fourth-order valence-corrected chi connectivity index (χ4v) is 3.17. The average molecular weight is 276 g/mol. The van der Waals surface area contributed by atoms with Crippen LogP contribution in [0.4, 0.5) is 0 Å². The standard InChI is InChI=1S/C18H18N3/c1-12-6-7-14(13(2)9-12)16-10-15-17(11-20(16)3)21-8-4-5-18(21)19-15/h4,6-11H,5H2,1-3H3/q+1. The molecule has 3 heteroatoms. The number of hydrogen-bond acceptors (Lipinski definition) is 1. The monoisotopic (exact) mass is 276 g/mol. The molecule has 0 unspecified atom stereocenters. The van der Waals surface area contributed by atoms with Crippen molar-refractivity contribution in [1.82, 2.24) is 9.55 Å². The Bertz CT molecular complexity index is 900. The predicted molar refractivity (Wildman–Crippen MR) is 84.9 cm³/mol. The molecule has 21 heavy (non-hydrogen) atoms. The Morgan fingerprint density at radius 3 is 2.86 bits per heavy atom. The molecule has 0 saturated carbocycles. The summed E-state index contributed by atoms with van der Waals surface area (Å²) in [5.41, 5.74) is 7.33. The first-order valence-corrected chi connectivity index (χ1v) is 7.28. The molecule has 0 aliphatic carbocycles. The van der Waals surface area contributed by atoms with E-state index in [9.17, 15) is 0 Å². The van der Waals surface area contributed by atoms with Crippen molar-refractivity contribution in [1.29, 1.82) is 0 Å². The van der Waals surface area contributed by atoms with Crippen molar-refractivity contribution in [2.45, 2.75) is 20.3 Å². The van der Waals surface area contributed by atoms with E-state index in [0.29, 0.717) is 0 Å². The molecule has 3 nitrogen and oxygen atoms in total. The number of aryl methyl sites for hydroxylation is 3. The number of rotatable bonds is 1. The number of allylic oxidation sites excluding steroid dienone is 1. The van der Waals surface area contributed by atoms with Crippen LogP contribution < -0.4 is 4.57 Å². The average Bonchev–Trinajstić information content (AvgIpc) is 3.00. The number of nitrogens with zero attached hydrogens (tertiary/aromatic N) is 3. The van der Waals surface area contributed by atoms with Gasteiger partial charge in [-0.1, -0.05) is 23.8 Å². The molecule has 0 saturated heterocycles.